The van der Waals surface area contributed by atoms with Crippen molar-refractivity contribution in [1.29, 1.82) is 0 Å². The number of aromatic amines is 1. The molecule has 5 rings (SSSR count). The molecule has 0 spiro atoms. The van der Waals surface area contributed by atoms with Gasteiger partial charge < -0.3 is 14.6 Å². The summed E-state index contributed by atoms with van der Waals surface area (Å²) in [5.41, 5.74) is 1.76. The average Bonchev–Trinajstić information content (AvgIpc) is 3.56. The number of benzene rings is 3. The quantitative estimate of drug-likeness (QED) is 0.183. The Balaban J connectivity index is 1.16. The zero-order valence-corrected chi connectivity index (χ0v) is 22.7. The van der Waals surface area contributed by atoms with Crippen LogP contribution >= 0.6 is 23.2 Å². The van der Waals surface area contributed by atoms with Gasteiger partial charge in [-0.3, -0.25) is 10.1 Å². The molecule has 3 aromatic carbocycles. The van der Waals surface area contributed by atoms with Crippen molar-refractivity contribution in [3.8, 4) is 34.0 Å². The topological polar surface area (TPSA) is 127 Å². The highest BCUT2D eigenvalue weighted by molar-refractivity contribution is 6.39. The number of carbonyl (C=O) groups excluding carboxylic acids is 1. The summed E-state index contributed by atoms with van der Waals surface area (Å²) >= 11 is 12.4. The highest BCUT2D eigenvalue weighted by atomic mass is 35.5. The van der Waals surface area contributed by atoms with Crippen molar-refractivity contribution in [1.82, 2.24) is 25.2 Å². The number of aromatic nitrogens is 4. The van der Waals surface area contributed by atoms with Crippen LogP contribution in [0.5, 0.6) is 5.75 Å². The minimum absolute atomic E-state index is 0.000115. The van der Waals surface area contributed by atoms with E-state index in [2.05, 4.69) is 30.6 Å². The van der Waals surface area contributed by atoms with Crippen molar-refractivity contribution in [3.05, 3.63) is 99.0 Å². The molecule has 15 heteroatoms. The first-order valence-corrected chi connectivity index (χ1v) is 12.9. The molecule has 0 aliphatic carbocycles. The maximum Gasteiger partial charge on any atom is 0.573 e. The standard InChI is InChI=1S/C27H19Cl2F3N6O4/c28-19-2-1-3-20(29)21(19)22-24(39)37-42-25(22)35-26(40)33-13-12-15-4-6-16(7-5-15)23-34-14-38(36-23)17-8-10-18(11-9-17)41-27(30,31)32/h1-11,14H,12-13H2,(H,37,39)(H2,33,35,40). The average molecular weight is 619 g/mol. The van der Waals surface area contributed by atoms with E-state index < -0.39 is 18.0 Å². The van der Waals surface area contributed by atoms with Gasteiger partial charge in [-0.25, -0.2) is 14.5 Å². The predicted octanol–water partition coefficient (Wildman–Crippen LogP) is 6.45. The lowest BCUT2D eigenvalue weighted by Gasteiger charge is -2.09. The fourth-order valence-corrected chi connectivity index (χ4v) is 4.55. The number of urea groups is 1. The van der Waals surface area contributed by atoms with E-state index in [9.17, 15) is 22.8 Å². The number of anilines is 1. The lowest BCUT2D eigenvalue weighted by Crippen LogP contribution is -2.30. The highest BCUT2D eigenvalue weighted by Gasteiger charge is 2.31. The lowest BCUT2D eigenvalue weighted by atomic mass is 10.1. The molecule has 2 aromatic heterocycles. The van der Waals surface area contributed by atoms with Gasteiger partial charge in [-0.05, 0) is 48.4 Å². The minimum atomic E-state index is -4.77. The van der Waals surface area contributed by atoms with Crippen LogP contribution in [0, 0.1) is 0 Å². The van der Waals surface area contributed by atoms with E-state index in [1.54, 1.807) is 18.2 Å². The Kier molecular flexibility index (Phi) is 8.22. The molecule has 0 atom stereocenters. The summed E-state index contributed by atoms with van der Waals surface area (Å²) < 4.78 is 47.5. The molecule has 2 heterocycles. The second kappa shape index (κ2) is 12.0. The van der Waals surface area contributed by atoms with Gasteiger partial charge in [-0.1, -0.05) is 53.5 Å². The van der Waals surface area contributed by atoms with Crippen LogP contribution in [-0.2, 0) is 6.42 Å². The summed E-state index contributed by atoms with van der Waals surface area (Å²) in [4.78, 5) is 29.0. The minimum Gasteiger partial charge on any atom is -0.406 e. The Morgan fingerprint density at radius 2 is 1.69 bits per heavy atom. The maximum atomic E-state index is 12.5. The summed E-state index contributed by atoms with van der Waals surface area (Å²) in [7, 11) is 0. The molecule has 2 amide bonds. The van der Waals surface area contributed by atoms with Crippen LogP contribution < -0.4 is 20.9 Å². The number of nitrogens with zero attached hydrogens (tertiary/aromatic N) is 3. The van der Waals surface area contributed by atoms with E-state index in [1.165, 1.54) is 35.3 Å². The van der Waals surface area contributed by atoms with Crippen molar-refractivity contribution in [2.75, 3.05) is 11.9 Å². The largest absolute Gasteiger partial charge is 0.573 e. The van der Waals surface area contributed by atoms with Crippen molar-refractivity contribution >= 4 is 35.1 Å². The molecule has 0 aliphatic heterocycles. The van der Waals surface area contributed by atoms with Gasteiger partial charge in [0.1, 0.15) is 17.6 Å². The Morgan fingerprint density at radius 1 is 1.00 bits per heavy atom. The Labute approximate surface area is 245 Å². The van der Waals surface area contributed by atoms with Crippen molar-refractivity contribution in [3.63, 3.8) is 0 Å². The number of amides is 2. The summed E-state index contributed by atoms with van der Waals surface area (Å²) in [6.07, 6.45) is -2.83. The van der Waals surface area contributed by atoms with Gasteiger partial charge in [0.15, 0.2) is 5.82 Å². The number of alkyl halides is 3. The van der Waals surface area contributed by atoms with E-state index in [0.29, 0.717) is 23.5 Å². The van der Waals surface area contributed by atoms with Crippen LogP contribution in [0.25, 0.3) is 28.2 Å². The van der Waals surface area contributed by atoms with Crippen LogP contribution in [0.15, 0.2) is 82.4 Å². The summed E-state index contributed by atoms with van der Waals surface area (Å²) in [5, 5.41) is 12.2. The van der Waals surface area contributed by atoms with E-state index in [0.717, 1.165) is 5.56 Å². The molecule has 10 nitrogen and oxygen atoms in total. The van der Waals surface area contributed by atoms with E-state index in [1.807, 2.05) is 24.3 Å². The first-order chi connectivity index (χ1) is 20.1. The summed E-state index contributed by atoms with van der Waals surface area (Å²) in [5.74, 6) is -0.0524. The van der Waals surface area contributed by atoms with Gasteiger partial charge in [0.05, 0.1) is 15.7 Å². The Morgan fingerprint density at radius 3 is 2.36 bits per heavy atom. The van der Waals surface area contributed by atoms with Gasteiger partial charge in [-0.2, -0.15) is 5.16 Å². The Hall–Kier alpha value is -4.75. The van der Waals surface area contributed by atoms with Crippen LogP contribution in [0.2, 0.25) is 10.0 Å². The van der Waals surface area contributed by atoms with Gasteiger partial charge in [0, 0.05) is 17.7 Å². The van der Waals surface area contributed by atoms with Crippen molar-refractivity contribution < 1.29 is 27.2 Å². The number of hydrogen-bond donors (Lipinski definition) is 3. The lowest BCUT2D eigenvalue weighted by molar-refractivity contribution is -0.274. The predicted molar refractivity (Wildman–Crippen MR) is 149 cm³/mol. The van der Waals surface area contributed by atoms with Crippen molar-refractivity contribution in [2.24, 2.45) is 0 Å². The van der Waals surface area contributed by atoms with Crippen LogP contribution in [-0.4, -0.2) is 38.9 Å². The van der Waals surface area contributed by atoms with E-state index in [4.69, 9.17) is 27.7 Å². The molecule has 42 heavy (non-hydrogen) atoms. The second-order valence-corrected chi connectivity index (χ2v) is 9.53. The fourth-order valence-electron chi connectivity index (χ4n) is 3.96. The molecule has 0 aliphatic rings. The Bertz CT molecular complexity index is 1750. The van der Waals surface area contributed by atoms with E-state index >= 15 is 0 Å². The summed E-state index contributed by atoms with van der Waals surface area (Å²) in [6.45, 7) is 0.267. The number of carbonyl (C=O) groups is 1. The SMILES string of the molecule is O=C(NCCc1ccc(-c2ncn(-c3ccc(OC(F)(F)F)cc3)n2)cc1)Nc1o[nH]c(=O)c1-c1c(Cl)cccc1Cl. The molecule has 0 bridgehead atoms. The molecule has 0 radical (unpaired) electrons. The third-order valence-electron chi connectivity index (χ3n) is 5.88. The fraction of sp³-hybridized carbons (Fsp3) is 0.111. The van der Waals surface area contributed by atoms with Gasteiger partial charge in [0.2, 0.25) is 5.88 Å². The number of H-pyrrole nitrogens is 1. The first-order valence-electron chi connectivity index (χ1n) is 12.2. The molecule has 0 unspecified atom stereocenters. The molecule has 0 saturated carbocycles. The number of nitrogens with one attached hydrogen (secondary N) is 3. The molecular weight excluding hydrogens is 600 g/mol. The molecule has 5 aromatic rings. The molecule has 0 saturated heterocycles. The normalized spacial score (nSPS) is 11.4. The van der Waals surface area contributed by atoms with Gasteiger partial charge in [-0.15, -0.1) is 18.3 Å². The molecular formula is C27H19Cl2F3N6O4. The number of hydrogen-bond acceptors (Lipinski definition) is 6. The van der Waals surface area contributed by atoms with Crippen LogP contribution in [0.4, 0.5) is 23.8 Å². The molecule has 3 N–H and O–H groups in total. The maximum absolute atomic E-state index is 12.5. The van der Waals surface area contributed by atoms with Crippen molar-refractivity contribution in [2.45, 2.75) is 12.8 Å². The summed E-state index contributed by atoms with van der Waals surface area (Å²) in [6, 6.07) is 16.7. The third kappa shape index (κ3) is 6.75. The van der Waals surface area contributed by atoms with E-state index in [-0.39, 0.29) is 39.4 Å². The first kappa shape index (κ1) is 28.8. The second-order valence-electron chi connectivity index (χ2n) is 8.72. The third-order valence-corrected chi connectivity index (χ3v) is 6.51. The number of halogens is 5. The zero-order chi connectivity index (χ0) is 29.9. The highest BCUT2D eigenvalue weighted by Crippen LogP contribution is 2.36. The van der Waals surface area contributed by atoms with Crippen LogP contribution in [0.1, 0.15) is 5.56 Å². The molecule has 216 valence electrons. The smallest absolute Gasteiger partial charge is 0.406 e. The van der Waals surface area contributed by atoms with Gasteiger partial charge in [0.25, 0.3) is 5.56 Å². The number of ether oxygens (including phenoxy) is 1. The van der Waals surface area contributed by atoms with Gasteiger partial charge >= 0.3 is 12.4 Å². The zero-order valence-electron chi connectivity index (χ0n) is 21.2. The number of rotatable bonds is 8. The van der Waals surface area contributed by atoms with Crippen LogP contribution in [0.3, 0.4) is 0 Å². The monoisotopic (exact) mass is 618 g/mol. The molecule has 0 fully saturated rings.